The number of anilines is 1. The van der Waals surface area contributed by atoms with Crippen molar-refractivity contribution in [3.8, 4) is 0 Å². The lowest BCUT2D eigenvalue weighted by atomic mass is 10.2. The van der Waals surface area contributed by atoms with Gasteiger partial charge in [-0.3, -0.25) is 4.79 Å². The molecule has 7 heteroatoms. The Morgan fingerprint density at radius 2 is 2.14 bits per heavy atom. The van der Waals surface area contributed by atoms with Crippen molar-refractivity contribution in [2.45, 2.75) is 19.6 Å². The molecular formula is C15H15ClN2O3S. The van der Waals surface area contributed by atoms with Crippen LogP contribution in [0.5, 0.6) is 0 Å². The third-order valence-corrected chi connectivity index (χ3v) is 4.15. The lowest BCUT2D eigenvalue weighted by Gasteiger charge is -2.14. The van der Waals surface area contributed by atoms with E-state index in [2.05, 4.69) is 5.32 Å². The number of carbonyl (C=O) groups is 2. The minimum absolute atomic E-state index is 0.139. The Bertz CT molecular complexity index is 673. The predicted molar refractivity (Wildman–Crippen MR) is 86.9 cm³/mol. The van der Waals surface area contributed by atoms with Crippen LogP contribution in [0.4, 0.5) is 5.69 Å². The van der Waals surface area contributed by atoms with Crippen LogP contribution in [-0.2, 0) is 16.1 Å². The van der Waals surface area contributed by atoms with Gasteiger partial charge < -0.3 is 15.8 Å². The molecule has 0 radical (unpaired) electrons. The van der Waals surface area contributed by atoms with Gasteiger partial charge in [-0.2, -0.15) is 0 Å². The van der Waals surface area contributed by atoms with Gasteiger partial charge in [0.2, 0.25) is 0 Å². The average Bonchev–Trinajstić information content (AvgIpc) is 3.00. The number of benzene rings is 1. The van der Waals surface area contributed by atoms with Crippen LogP contribution >= 0.6 is 22.9 Å². The molecule has 116 valence electrons. The largest absolute Gasteiger partial charge is 0.449 e. The van der Waals surface area contributed by atoms with Crippen molar-refractivity contribution in [1.29, 1.82) is 0 Å². The van der Waals surface area contributed by atoms with E-state index >= 15 is 0 Å². The Hall–Kier alpha value is -2.05. The number of carbonyl (C=O) groups excluding carboxylic acids is 2. The average molecular weight is 339 g/mol. The molecule has 5 nitrogen and oxygen atoms in total. The molecule has 0 fully saturated rings. The van der Waals surface area contributed by atoms with E-state index in [1.165, 1.54) is 24.3 Å². The molecule has 0 aliphatic carbocycles. The van der Waals surface area contributed by atoms with Gasteiger partial charge in [0.1, 0.15) is 0 Å². The van der Waals surface area contributed by atoms with Crippen LogP contribution in [0.25, 0.3) is 0 Å². The Morgan fingerprint density at radius 3 is 2.82 bits per heavy atom. The molecule has 0 bridgehead atoms. The standard InChI is InChI=1S/C15H15ClN2O3S/c1-9(14(19)18-8-10-4-3-7-22-10)21-15(20)11-5-2-6-12(16)13(11)17/h2-7,9H,8,17H2,1H3,(H,18,19)/t9-/m0/s1. The SMILES string of the molecule is C[C@H](OC(=O)c1cccc(Cl)c1N)C(=O)NCc1cccs1. The molecule has 2 aromatic rings. The normalized spacial score (nSPS) is 11.7. The smallest absolute Gasteiger partial charge is 0.341 e. The Labute approximate surface area is 137 Å². The summed E-state index contributed by atoms with van der Waals surface area (Å²) in [5, 5.41) is 4.90. The van der Waals surface area contributed by atoms with Crippen LogP contribution in [0.2, 0.25) is 5.02 Å². The molecule has 0 saturated heterocycles. The van der Waals surface area contributed by atoms with Gasteiger partial charge in [-0.15, -0.1) is 11.3 Å². The summed E-state index contributed by atoms with van der Waals surface area (Å²) in [6, 6.07) is 8.48. The van der Waals surface area contributed by atoms with Crippen LogP contribution in [0.15, 0.2) is 35.7 Å². The van der Waals surface area contributed by atoms with E-state index in [1.807, 2.05) is 17.5 Å². The van der Waals surface area contributed by atoms with Crippen LogP contribution in [-0.4, -0.2) is 18.0 Å². The topological polar surface area (TPSA) is 81.4 Å². The van der Waals surface area contributed by atoms with E-state index in [4.69, 9.17) is 22.1 Å². The fourth-order valence-corrected chi connectivity index (χ4v) is 2.54. The van der Waals surface area contributed by atoms with Crippen LogP contribution in [0.1, 0.15) is 22.2 Å². The minimum Gasteiger partial charge on any atom is -0.449 e. The second-order valence-electron chi connectivity index (χ2n) is 4.55. The summed E-state index contributed by atoms with van der Waals surface area (Å²) in [6.07, 6.45) is -0.925. The van der Waals surface area contributed by atoms with Crippen LogP contribution in [0.3, 0.4) is 0 Å². The molecule has 1 atom stereocenters. The fourth-order valence-electron chi connectivity index (χ4n) is 1.72. The zero-order valence-electron chi connectivity index (χ0n) is 11.8. The number of hydrogen-bond acceptors (Lipinski definition) is 5. The molecule has 0 saturated carbocycles. The highest BCUT2D eigenvalue weighted by Gasteiger charge is 2.20. The number of nitrogens with two attached hydrogens (primary N) is 1. The number of para-hydroxylation sites is 1. The first-order valence-corrected chi connectivity index (χ1v) is 7.80. The lowest BCUT2D eigenvalue weighted by Crippen LogP contribution is -2.35. The zero-order chi connectivity index (χ0) is 16.1. The summed E-state index contributed by atoms with van der Waals surface area (Å²) in [6.45, 7) is 1.90. The number of thiophene rings is 1. The van der Waals surface area contributed by atoms with Gasteiger partial charge in [-0.05, 0) is 30.5 Å². The number of halogens is 1. The second kappa shape index (κ2) is 7.29. The molecule has 1 heterocycles. The highest BCUT2D eigenvalue weighted by molar-refractivity contribution is 7.09. The quantitative estimate of drug-likeness (QED) is 0.648. The van der Waals surface area contributed by atoms with Gasteiger partial charge >= 0.3 is 5.97 Å². The van der Waals surface area contributed by atoms with Crippen molar-refractivity contribution < 1.29 is 14.3 Å². The Balaban J connectivity index is 1.93. The van der Waals surface area contributed by atoms with Crippen molar-refractivity contribution >= 4 is 40.5 Å². The van der Waals surface area contributed by atoms with Gasteiger partial charge in [0.05, 0.1) is 22.8 Å². The number of hydrogen-bond donors (Lipinski definition) is 2. The third-order valence-electron chi connectivity index (χ3n) is 2.94. The van der Waals surface area contributed by atoms with E-state index in [0.29, 0.717) is 6.54 Å². The molecule has 1 aromatic carbocycles. The first-order chi connectivity index (χ1) is 10.5. The number of esters is 1. The molecule has 1 amide bonds. The van der Waals surface area contributed by atoms with E-state index in [9.17, 15) is 9.59 Å². The third kappa shape index (κ3) is 3.99. The van der Waals surface area contributed by atoms with Crippen molar-refractivity contribution in [2.75, 3.05) is 5.73 Å². The zero-order valence-corrected chi connectivity index (χ0v) is 13.4. The van der Waals surface area contributed by atoms with Crippen molar-refractivity contribution in [3.05, 3.63) is 51.2 Å². The van der Waals surface area contributed by atoms with Crippen LogP contribution < -0.4 is 11.1 Å². The fraction of sp³-hybridized carbons (Fsp3) is 0.200. The van der Waals surface area contributed by atoms with Crippen molar-refractivity contribution in [1.82, 2.24) is 5.32 Å². The molecule has 0 aliphatic rings. The number of amides is 1. The predicted octanol–water partition coefficient (Wildman–Crippen LogP) is 2.85. The molecule has 0 unspecified atom stereocenters. The van der Waals surface area contributed by atoms with Crippen molar-refractivity contribution in [2.24, 2.45) is 0 Å². The number of nitrogens with one attached hydrogen (secondary N) is 1. The number of ether oxygens (including phenoxy) is 1. The molecule has 0 spiro atoms. The van der Waals surface area contributed by atoms with Gasteiger partial charge in [-0.1, -0.05) is 23.7 Å². The maximum atomic E-state index is 12.0. The molecule has 2 rings (SSSR count). The highest BCUT2D eigenvalue weighted by Crippen LogP contribution is 2.23. The van der Waals surface area contributed by atoms with E-state index < -0.39 is 12.1 Å². The van der Waals surface area contributed by atoms with E-state index in [-0.39, 0.29) is 22.2 Å². The number of rotatable bonds is 5. The summed E-state index contributed by atoms with van der Waals surface area (Å²) in [5.41, 5.74) is 6.01. The monoisotopic (exact) mass is 338 g/mol. The van der Waals surface area contributed by atoms with Crippen LogP contribution in [0, 0.1) is 0 Å². The molecule has 3 N–H and O–H groups in total. The maximum absolute atomic E-state index is 12.0. The van der Waals surface area contributed by atoms with E-state index in [0.717, 1.165) is 4.88 Å². The summed E-state index contributed by atoms with van der Waals surface area (Å²) in [7, 11) is 0. The lowest BCUT2D eigenvalue weighted by molar-refractivity contribution is -0.129. The first kappa shape index (κ1) is 16.3. The molecule has 0 aliphatic heterocycles. The summed E-state index contributed by atoms with van der Waals surface area (Å²) in [5.74, 6) is -1.05. The van der Waals surface area contributed by atoms with Gasteiger partial charge in [0.25, 0.3) is 5.91 Å². The van der Waals surface area contributed by atoms with Gasteiger partial charge in [0, 0.05) is 4.88 Å². The first-order valence-electron chi connectivity index (χ1n) is 6.54. The Morgan fingerprint density at radius 1 is 1.36 bits per heavy atom. The van der Waals surface area contributed by atoms with Crippen molar-refractivity contribution in [3.63, 3.8) is 0 Å². The molecule has 1 aromatic heterocycles. The minimum atomic E-state index is -0.925. The van der Waals surface area contributed by atoms with Gasteiger partial charge in [0.15, 0.2) is 6.10 Å². The van der Waals surface area contributed by atoms with E-state index in [1.54, 1.807) is 12.1 Å². The second-order valence-corrected chi connectivity index (χ2v) is 5.99. The molecular weight excluding hydrogens is 324 g/mol. The number of nitrogen functional groups attached to an aromatic ring is 1. The summed E-state index contributed by atoms with van der Waals surface area (Å²) < 4.78 is 5.12. The highest BCUT2D eigenvalue weighted by atomic mass is 35.5. The maximum Gasteiger partial charge on any atom is 0.341 e. The van der Waals surface area contributed by atoms with Gasteiger partial charge in [-0.25, -0.2) is 4.79 Å². The molecule has 22 heavy (non-hydrogen) atoms. The summed E-state index contributed by atoms with van der Waals surface area (Å²) in [4.78, 5) is 25.0. The summed E-state index contributed by atoms with van der Waals surface area (Å²) >= 11 is 7.39. The Kier molecular flexibility index (Phi) is 5.41.